The van der Waals surface area contributed by atoms with E-state index < -0.39 is 23.3 Å². The second-order valence-electron chi connectivity index (χ2n) is 14.7. The van der Waals surface area contributed by atoms with Crippen LogP contribution in [-0.4, -0.2) is 40.1 Å². The van der Waals surface area contributed by atoms with Crippen molar-refractivity contribution in [2.75, 3.05) is 0 Å². The molecule has 4 saturated carbocycles. The number of ketones is 1. The SMILES string of the molecule is CC(=O)O[C@@H](C[C@@H](C)C(C)(C)OC(C)=O)[C@](C)(O)[C@H]1CC[C@H]2[C@@H]3CC[C@H]4CC(=O)CC[C@]4(C)[C@H]3CC[C@]12C. The number of carbonyl (C=O) groups excluding carboxylic acids is 3. The molecule has 0 aromatic heterocycles. The zero-order chi connectivity index (χ0) is 28.3. The number of Topliss-reactive ketones (excluding diaryl/α,β-unsaturated/α-hetero) is 1. The molecule has 4 rings (SSSR count). The highest BCUT2D eigenvalue weighted by Gasteiger charge is 2.63. The molecule has 10 atom stereocenters. The number of hydrogen-bond acceptors (Lipinski definition) is 6. The highest BCUT2D eigenvalue weighted by atomic mass is 16.6. The van der Waals surface area contributed by atoms with Gasteiger partial charge in [0.05, 0.1) is 0 Å². The average Bonchev–Trinajstić information content (AvgIpc) is 3.16. The first-order chi connectivity index (χ1) is 17.5. The molecule has 6 nitrogen and oxygen atoms in total. The number of hydrogen-bond donors (Lipinski definition) is 1. The third-order valence-electron chi connectivity index (χ3n) is 12.3. The van der Waals surface area contributed by atoms with Crippen molar-refractivity contribution >= 4 is 17.7 Å². The molecule has 0 bridgehead atoms. The Labute approximate surface area is 230 Å². The number of carbonyl (C=O) groups is 3. The minimum absolute atomic E-state index is 0.0211. The van der Waals surface area contributed by atoms with E-state index in [1.165, 1.54) is 20.3 Å². The Morgan fingerprint density at radius 3 is 2.26 bits per heavy atom. The van der Waals surface area contributed by atoms with Crippen LogP contribution < -0.4 is 0 Å². The van der Waals surface area contributed by atoms with Crippen LogP contribution in [0, 0.1) is 46.3 Å². The van der Waals surface area contributed by atoms with Gasteiger partial charge in [-0.2, -0.15) is 0 Å². The summed E-state index contributed by atoms with van der Waals surface area (Å²) in [6.45, 7) is 15.3. The molecule has 4 fully saturated rings. The van der Waals surface area contributed by atoms with Gasteiger partial charge < -0.3 is 14.6 Å². The normalized spacial score (nSPS) is 40.1. The molecule has 4 aliphatic carbocycles. The highest BCUT2D eigenvalue weighted by molar-refractivity contribution is 5.79. The summed E-state index contributed by atoms with van der Waals surface area (Å²) in [5, 5.41) is 12.3. The number of aliphatic hydroxyl groups is 1. The molecule has 0 spiro atoms. The topological polar surface area (TPSA) is 89.9 Å². The van der Waals surface area contributed by atoms with Crippen molar-refractivity contribution in [3.8, 4) is 0 Å². The minimum Gasteiger partial charge on any atom is -0.460 e. The molecule has 216 valence electrons. The lowest BCUT2D eigenvalue weighted by atomic mass is 9.44. The maximum Gasteiger partial charge on any atom is 0.303 e. The predicted molar refractivity (Wildman–Crippen MR) is 146 cm³/mol. The largest absolute Gasteiger partial charge is 0.460 e. The zero-order valence-electron chi connectivity index (χ0n) is 25.1. The molecule has 0 radical (unpaired) electrons. The van der Waals surface area contributed by atoms with Crippen LogP contribution >= 0.6 is 0 Å². The average molecular weight is 533 g/mol. The summed E-state index contributed by atoms with van der Waals surface area (Å²) in [5.74, 6) is 1.99. The second-order valence-corrected chi connectivity index (χ2v) is 14.7. The van der Waals surface area contributed by atoms with Crippen molar-refractivity contribution in [2.45, 2.75) is 137 Å². The Bertz CT molecular complexity index is 938. The van der Waals surface area contributed by atoms with Gasteiger partial charge in [-0.1, -0.05) is 20.8 Å². The maximum absolute atomic E-state index is 12.3. The van der Waals surface area contributed by atoms with E-state index in [4.69, 9.17) is 9.47 Å². The molecular formula is C32H52O6. The number of esters is 2. The fourth-order valence-electron chi connectivity index (χ4n) is 9.91. The van der Waals surface area contributed by atoms with Crippen molar-refractivity contribution in [1.82, 2.24) is 0 Å². The van der Waals surface area contributed by atoms with Crippen LogP contribution in [0.15, 0.2) is 0 Å². The lowest BCUT2D eigenvalue weighted by molar-refractivity contribution is -0.192. The van der Waals surface area contributed by atoms with Crippen LogP contribution in [0.3, 0.4) is 0 Å². The van der Waals surface area contributed by atoms with E-state index in [0.717, 1.165) is 51.4 Å². The standard InChI is InChI=1S/C32H52O6/c1-19(29(4,5)38-21(3)34)17-28(37-20(2)33)32(8,36)27-12-11-25-24-10-9-22-18-23(35)13-15-30(22,6)26(24)14-16-31(25,27)7/h19,22,24-28,36H,9-18H2,1-8H3/t19-,22+,24+,25+,26+,27+,28+,30+,31+,32-/m1/s1. The summed E-state index contributed by atoms with van der Waals surface area (Å²) in [6, 6.07) is 0. The van der Waals surface area contributed by atoms with Gasteiger partial charge in [0, 0.05) is 26.7 Å². The summed E-state index contributed by atoms with van der Waals surface area (Å²) in [4.78, 5) is 36.2. The molecular weight excluding hydrogens is 480 g/mol. The fourth-order valence-corrected chi connectivity index (χ4v) is 9.91. The molecule has 38 heavy (non-hydrogen) atoms. The van der Waals surface area contributed by atoms with Gasteiger partial charge in [0.1, 0.15) is 23.1 Å². The van der Waals surface area contributed by atoms with E-state index in [9.17, 15) is 19.5 Å². The molecule has 0 aromatic rings. The van der Waals surface area contributed by atoms with E-state index in [0.29, 0.717) is 35.9 Å². The van der Waals surface area contributed by atoms with Gasteiger partial charge in [0.25, 0.3) is 0 Å². The first-order valence-corrected chi connectivity index (χ1v) is 15.1. The van der Waals surface area contributed by atoms with Crippen molar-refractivity contribution in [2.24, 2.45) is 46.3 Å². The third kappa shape index (κ3) is 5.08. The van der Waals surface area contributed by atoms with Gasteiger partial charge in [-0.3, -0.25) is 14.4 Å². The fraction of sp³-hybridized carbons (Fsp3) is 0.906. The first-order valence-electron chi connectivity index (χ1n) is 15.1. The molecule has 0 saturated heterocycles. The number of fused-ring (bicyclic) bond motifs is 5. The van der Waals surface area contributed by atoms with Crippen LogP contribution in [0.2, 0.25) is 0 Å². The van der Waals surface area contributed by atoms with E-state index >= 15 is 0 Å². The van der Waals surface area contributed by atoms with Crippen molar-refractivity contribution in [3.63, 3.8) is 0 Å². The van der Waals surface area contributed by atoms with E-state index in [1.807, 2.05) is 27.7 Å². The van der Waals surface area contributed by atoms with Crippen LogP contribution in [0.1, 0.15) is 120 Å². The molecule has 0 unspecified atom stereocenters. The summed E-state index contributed by atoms with van der Waals surface area (Å²) in [7, 11) is 0. The summed E-state index contributed by atoms with van der Waals surface area (Å²) in [5.41, 5.74) is -1.70. The smallest absolute Gasteiger partial charge is 0.303 e. The monoisotopic (exact) mass is 532 g/mol. The Morgan fingerprint density at radius 1 is 0.974 bits per heavy atom. The van der Waals surface area contributed by atoms with Gasteiger partial charge in [0.15, 0.2) is 0 Å². The maximum atomic E-state index is 12.3. The van der Waals surface area contributed by atoms with E-state index in [-0.39, 0.29) is 28.6 Å². The lowest BCUT2D eigenvalue weighted by Crippen LogP contribution is -2.58. The van der Waals surface area contributed by atoms with Crippen LogP contribution in [-0.2, 0) is 23.9 Å². The summed E-state index contributed by atoms with van der Waals surface area (Å²) in [6.07, 6.45) is 8.86. The van der Waals surface area contributed by atoms with Crippen molar-refractivity contribution in [1.29, 1.82) is 0 Å². The van der Waals surface area contributed by atoms with Crippen LogP contribution in [0.5, 0.6) is 0 Å². The first kappa shape index (κ1) is 29.6. The van der Waals surface area contributed by atoms with Crippen molar-refractivity contribution < 1.29 is 29.0 Å². The Kier molecular flexibility index (Phi) is 7.93. The van der Waals surface area contributed by atoms with Crippen LogP contribution in [0.25, 0.3) is 0 Å². The van der Waals surface area contributed by atoms with Gasteiger partial charge in [-0.25, -0.2) is 0 Å². The van der Waals surface area contributed by atoms with Gasteiger partial charge in [-0.05, 0) is 118 Å². The minimum atomic E-state index is -1.19. The zero-order valence-corrected chi connectivity index (χ0v) is 25.1. The third-order valence-corrected chi connectivity index (χ3v) is 12.3. The Hall–Kier alpha value is -1.43. The Morgan fingerprint density at radius 2 is 1.63 bits per heavy atom. The molecule has 0 heterocycles. The van der Waals surface area contributed by atoms with Gasteiger partial charge in [0.2, 0.25) is 0 Å². The molecule has 6 heteroatoms. The number of ether oxygens (including phenoxy) is 2. The molecule has 0 aromatic carbocycles. The summed E-state index contributed by atoms with van der Waals surface area (Å²) >= 11 is 0. The number of rotatable bonds is 7. The van der Waals surface area contributed by atoms with E-state index in [2.05, 4.69) is 13.8 Å². The van der Waals surface area contributed by atoms with Crippen LogP contribution in [0.4, 0.5) is 0 Å². The predicted octanol–water partition coefficient (Wildman–Crippen LogP) is 6.27. The van der Waals surface area contributed by atoms with E-state index in [1.54, 1.807) is 0 Å². The highest BCUT2D eigenvalue weighted by Crippen LogP contribution is 2.68. The lowest BCUT2D eigenvalue weighted by Gasteiger charge is -2.61. The quantitative estimate of drug-likeness (QED) is 0.389. The van der Waals surface area contributed by atoms with Gasteiger partial charge >= 0.3 is 11.9 Å². The molecule has 1 N–H and O–H groups in total. The van der Waals surface area contributed by atoms with Crippen molar-refractivity contribution in [3.05, 3.63) is 0 Å². The second kappa shape index (κ2) is 10.2. The Balaban J connectivity index is 1.57. The molecule has 4 aliphatic rings. The molecule has 0 amide bonds. The molecule has 0 aliphatic heterocycles. The summed E-state index contributed by atoms with van der Waals surface area (Å²) < 4.78 is 11.5. The van der Waals surface area contributed by atoms with Gasteiger partial charge in [-0.15, -0.1) is 0 Å².